The molecule has 0 saturated carbocycles. The van der Waals surface area contributed by atoms with Crippen LogP contribution in [0, 0.1) is 0 Å². The third-order valence-corrected chi connectivity index (χ3v) is 2.56. The molecule has 0 aromatic heterocycles. The number of ether oxygens (including phenoxy) is 2. The molecular formula is C11H12O4. The van der Waals surface area contributed by atoms with Crippen molar-refractivity contribution in [3.05, 3.63) is 29.8 Å². The SMILES string of the molecule is CC1c2ccccc2OC(=O)C1OCO. The summed E-state index contributed by atoms with van der Waals surface area (Å²) in [7, 11) is 0. The van der Waals surface area contributed by atoms with Gasteiger partial charge in [-0.1, -0.05) is 25.1 Å². The lowest BCUT2D eigenvalue weighted by atomic mass is 9.92. The van der Waals surface area contributed by atoms with E-state index in [9.17, 15) is 4.79 Å². The van der Waals surface area contributed by atoms with Crippen molar-refractivity contribution in [1.82, 2.24) is 0 Å². The molecule has 4 nitrogen and oxygen atoms in total. The number of esters is 1. The largest absolute Gasteiger partial charge is 0.424 e. The minimum Gasteiger partial charge on any atom is -0.424 e. The van der Waals surface area contributed by atoms with Gasteiger partial charge in [0, 0.05) is 11.5 Å². The zero-order valence-electron chi connectivity index (χ0n) is 8.34. The second-order valence-corrected chi connectivity index (χ2v) is 3.46. The lowest BCUT2D eigenvalue weighted by Gasteiger charge is -2.28. The van der Waals surface area contributed by atoms with E-state index in [-0.39, 0.29) is 5.92 Å². The maximum Gasteiger partial charge on any atom is 0.341 e. The molecule has 0 saturated heterocycles. The van der Waals surface area contributed by atoms with Crippen molar-refractivity contribution < 1.29 is 19.4 Å². The first-order valence-corrected chi connectivity index (χ1v) is 4.77. The average molecular weight is 208 g/mol. The van der Waals surface area contributed by atoms with Gasteiger partial charge in [-0.05, 0) is 6.07 Å². The molecule has 2 atom stereocenters. The van der Waals surface area contributed by atoms with Gasteiger partial charge in [-0.3, -0.25) is 0 Å². The molecule has 0 amide bonds. The molecule has 0 radical (unpaired) electrons. The van der Waals surface area contributed by atoms with E-state index in [1.165, 1.54) is 0 Å². The van der Waals surface area contributed by atoms with Gasteiger partial charge in [-0.15, -0.1) is 0 Å². The molecule has 80 valence electrons. The number of fused-ring (bicyclic) bond motifs is 1. The molecule has 0 fully saturated rings. The first-order chi connectivity index (χ1) is 7.24. The van der Waals surface area contributed by atoms with Crippen LogP contribution >= 0.6 is 0 Å². The van der Waals surface area contributed by atoms with Crippen LogP contribution in [0.4, 0.5) is 0 Å². The van der Waals surface area contributed by atoms with E-state index >= 15 is 0 Å². The summed E-state index contributed by atoms with van der Waals surface area (Å²) in [5, 5.41) is 8.67. The van der Waals surface area contributed by atoms with Gasteiger partial charge in [0.05, 0.1) is 0 Å². The minimum absolute atomic E-state index is 0.102. The number of rotatable bonds is 2. The number of carbonyl (C=O) groups is 1. The summed E-state index contributed by atoms with van der Waals surface area (Å²) < 4.78 is 10.0. The minimum atomic E-state index is -0.718. The Morgan fingerprint density at radius 2 is 2.20 bits per heavy atom. The Bertz CT molecular complexity index is 375. The van der Waals surface area contributed by atoms with Crippen LogP contribution in [0.25, 0.3) is 0 Å². The monoisotopic (exact) mass is 208 g/mol. The summed E-state index contributed by atoms with van der Waals surface area (Å²) in [6.07, 6.45) is -0.718. The Morgan fingerprint density at radius 1 is 1.47 bits per heavy atom. The standard InChI is InChI=1S/C11H12O4/c1-7-8-4-2-3-5-9(8)15-11(13)10(7)14-6-12/h2-5,7,10,12H,6H2,1H3. The Kier molecular flexibility index (Phi) is 2.70. The summed E-state index contributed by atoms with van der Waals surface area (Å²) in [5.74, 6) is 0.0256. The summed E-state index contributed by atoms with van der Waals surface area (Å²) in [6.45, 7) is 1.39. The van der Waals surface area contributed by atoms with Crippen LogP contribution in [0.2, 0.25) is 0 Å². The highest BCUT2D eigenvalue weighted by atomic mass is 16.6. The number of benzene rings is 1. The third kappa shape index (κ3) is 1.73. The van der Waals surface area contributed by atoms with Crippen LogP contribution in [-0.4, -0.2) is 24.0 Å². The molecule has 1 aromatic rings. The highest BCUT2D eigenvalue weighted by Crippen LogP contribution is 2.34. The summed E-state index contributed by atoms with van der Waals surface area (Å²) in [4.78, 5) is 11.5. The summed E-state index contributed by atoms with van der Waals surface area (Å²) >= 11 is 0. The number of aliphatic hydroxyl groups is 1. The van der Waals surface area contributed by atoms with Crippen molar-refractivity contribution in [2.24, 2.45) is 0 Å². The van der Waals surface area contributed by atoms with Crippen molar-refractivity contribution in [1.29, 1.82) is 0 Å². The van der Waals surface area contributed by atoms with Crippen LogP contribution in [0.15, 0.2) is 24.3 Å². The van der Waals surface area contributed by atoms with E-state index < -0.39 is 18.9 Å². The molecule has 1 aromatic carbocycles. The smallest absolute Gasteiger partial charge is 0.341 e. The normalized spacial score (nSPS) is 24.5. The second-order valence-electron chi connectivity index (χ2n) is 3.46. The predicted octanol–water partition coefficient (Wildman–Crippen LogP) is 1.04. The average Bonchev–Trinajstić information content (AvgIpc) is 2.24. The first kappa shape index (κ1) is 10.1. The number of para-hydroxylation sites is 1. The van der Waals surface area contributed by atoms with Crippen LogP contribution in [0.5, 0.6) is 5.75 Å². The molecule has 15 heavy (non-hydrogen) atoms. The molecule has 1 aliphatic heterocycles. The molecule has 1 N–H and O–H groups in total. The third-order valence-electron chi connectivity index (χ3n) is 2.56. The molecular weight excluding hydrogens is 196 g/mol. The Labute approximate surface area is 87.4 Å². The van der Waals surface area contributed by atoms with Crippen LogP contribution < -0.4 is 4.74 Å². The molecule has 1 aliphatic rings. The van der Waals surface area contributed by atoms with Crippen molar-refractivity contribution >= 4 is 5.97 Å². The van der Waals surface area contributed by atoms with Gasteiger partial charge in [0.2, 0.25) is 0 Å². The van der Waals surface area contributed by atoms with E-state index in [0.717, 1.165) is 5.56 Å². The first-order valence-electron chi connectivity index (χ1n) is 4.77. The van der Waals surface area contributed by atoms with E-state index in [2.05, 4.69) is 0 Å². The number of carbonyl (C=O) groups excluding carboxylic acids is 1. The van der Waals surface area contributed by atoms with Crippen molar-refractivity contribution in [3.8, 4) is 5.75 Å². The summed E-state index contributed by atoms with van der Waals surface area (Å²) in [6, 6.07) is 7.33. The maximum atomic E-state index is 11.5. The van der Waals surface area contributed by atoms with Crippen molar-refractivity contribution in [3.63, 3.8) is 0 Å². The fourth-order valence-corrected chi connectivity index (χ4v) is 1.78. The van der Waals surface area contributed by atoms with E-state index in [1.807, 2.05) is 25.1 Å². The fourth-order valence-electron chi connectivity index (χ4n) is 1.78. The molecule has 4 heteroatoms. The molecule has 2 unspecified atom stereocenters. The molecule has 1 heterocycles. The van der Waals surface area contributed by atoms with Crippen LogP contribution in [0.1, 0.15) is 18.4 Å². The lowest BCUT2D eigenvalue weighted by molar-refractivity contribution is -0.158. The zero-order valence-corrected chi connectivity index (χ0v) is 8.34. The number of hydrogen-bond donors (Lipinski definition) is 1. The highest BCUT2D eigenvalue weighted by molar-refractivity contribution is 5.81. The van der Waals surface area contributed by atoms with Gasteiger partial charge >= 0.3 is 5.97 Å². The highest BCUT2D eigenvalue weighted by Gasteiger charge is 2.35. The lowest BCUT2D eigenvalue weighted by Crippen LogP contribution is -2.37. The topological polar surface area (TPSA) is 55.8 Å². The predicted molar refractivity (Wildman–Crippen MR) is 52.5 cm³/mol. The molecule has 2 rings (SSSR count). The van der Waals surface area contributed by atoms with Gasteiger partial charge in [0.15, 0.2) is 6.10 Å². The number of aliphatic hydroxyl groups excluding tert-OH is 1. The van der Waals surface area contributed by atoms with E-state index in [0.29, 0.717) is 5.75 Å². The maximum absolute atomic E-state index is 11.5. The Hall–Kier alpha value is -1.39. The van der Waals surface area contributed by atoms with Crippen molar-refractivity contribution in [2.75, 3.05) is 6.79 Å². The van der Waals surface area contributed by atoms with Gasteiger partial charge in [0.25, 0.3) is 0 Å². The molecule has 0 spiro atoms. The van der Waals surface area contributed by atoms with Gasteiger partial charge in [-0.25, -0.2) is 4.79 Å². The Morgan fingerprint density at radius 3 is 2.93 bits per heavy atom. The molecule has 0 aliphatic carbocycles. The van der Waals surface area contributed by atoms with Crippen LogP contribution in [-0.2, 0) is 9.53 Å². The van der Waals surface area contributed by atoms with E-state index in [1.54, 1.807) is 6.07 Å². The Balaban J connectivity index is 2.34. The second kappa shape index (κ2) is 4.00. The van der Waals surface area contributed by atoms with Gasteiger partial charge < -0.3 is 14.6 Å². The zero-order chi connectivity index (χ0) is 10.8. The summed E-state index contributed by atoms with van der Waals surface area (Å²) in [5.41, 5.74) is 0.926. The van der Waals surface area contributed by atoms with Gasteiger partial charge in [-0.2, -0.15) is 0 Å². The quantitative estimate of drug-likeness (QED) is 0.448. The van der Waals surface area contributed by atoms with Crippen LogP contribution in [0.3, 0.4) is 0 Å². The van der Waals surface area contributed by atoms with Gasteiger partial charge in [0.1, 0.15) is 12.5 Å². The number of hydrogen-bond acceptors (Lipinski definition) is 4. The van der Waals surface area contributed by atoms with E-state index in [4.69, 9.17) is 14.6 Å². The fraction of sp³-hybridized carbons (Fsp3) is 0.364. The molecule has 0 bridgehead atoms. The van der Waals surface area contributed by atoms with Crippen molar-refractivity contribution in [2.45, 2.75) is 18.9 Å².